The summed E-state index contributed by atoms with van der Waals surface area (Å²) in [6, 6.07) is 5.80. The number of aromatic nitrogens is 1. The van der Waals surface area contributed by atoms with Crippen molar-refractivity contribution >= 4 is 11.3 Å². The first-order valence-corrected chi connectivity index (χ1v) is 6.26. The van der Waals surface area contributed by atoms with Crippen LogP contribution in [-0.2, 0) is 0 Å². The highest BCUT2D eigenvalue weighted by Gasteiger charge is 2.17. The minimum Gasteiger partial charge on any atom is -0.481 e. The minimum atomic E-state index is -0.177. The molecule has 0 aliphatic carbocycles. The van der Waals surface area contributed by atoms with E-state index in [1.54, 1.807) is 24.6 Å². The van der Waals surface area contributed by atoms with Crippen molar-refractivity contribution in [2.75, 3.05) is 7.11 Å². The Balaban J connectivity index is 2.43. The van der Waals surface area contributed by atoms with Gasteiger partial charge in [0.1, 0.15) is 0 Å². The van der Waals surface area contributed by atoms with Crippen LogP contribution in [0, 0.1) is 13.8 Å². The summed E-state index contributed by atoms with van der Waals surface area (Å²) in [4.78, 5) is 6.71. The van der Waals surface area contributed by atoms with Crippen molar-refractivity contribution in [1.29, 1.82) is 0 Å². The van der Waals surface area contributed by atoms with Crippen LogP contribution in [0.25, 0.3) is 0 Å². The Hall–Kier alpha value is -1.39. The molecule has 1 unspecified atom stereocenters. The van der Waals surface area contributed by atoms with Crippen LogP contribution in [0.15, 0.2) is 24.4 Å². The molecule has 0 spiro atoms. The standard InChI is InChI=1S/C13H16N2OS/c1-8-7-11(9(2)17-8)12(14)10-5-4-6-15-13(10)16-3/h4-7,12H,14H2,1-3H3. The lowest BCUT2D eigenvalue weighted by Gasteiger charge is -2.14. The zero-order valence-electron chi connectivity index (χ0n) is 10.2. The summed E-state index contributed by atoms with van der Waals surface area (Å²) < 4.78 is 5.25. The van der Waals surface area contributed by atoms with Gasteiger partial charge in [-0.25, -0.2) is 4.98 Å². The lowest BCUT2D eigenvalue weighted by Crippen LogP contribution is -2.13. The van der Waals surface area contributed by atoms with Gasteiger partial charge < -0.3 is 10.5 Å². The molecule has 0 aromatic carbocycles. The Kier molecular flexibility index (Phi) is 3.45. The van der Waals surface area contributed by atoms with E-state index >= 15 is 0 Å². The summed E-state index contributed by atoms with van der Waals surface area (Å²) in [5.41, 5.74) is 8.37. The van der Waals surface area contributed by atoms with Crippen molar-refractivity contribution in [2.24, 2.45) is 5.73 Å². The number of methoxy groups -OCH3 is 1. The quantitative estimate of drug-likeness (QED) is 0.908. The third-order valence-electron chi connectivity index (χ3n) is 2.74. The first kappa shape index (κ1) is 12.1. The van der Waals surface area contributed by atoms with E-state index in [4.69, 9.17) is 10.5 Å². The molecule has 2 rings (SSSR count). The van der Waals surface area contributed by atoms with Gasteiger partial charge in [0.25, 0.3) is 0 Å². The maximum Gasteiger partial charge on any atom is 0.218 e. The number of rotatable bonds is 3. The van der Waals surface area contributed by atoms with Crippen LogP contribution >= 0.6 is 11.3 Å². The molecule has 0 amide bonds. The maximum atomic E-state index is 6.29. The van der Waals surface area contributed by atoms with Gasteiger partial charge >= 0.3 is 0 Å². The Bertz CT molecular complexity index is 522. The van der Waals surface area contributed by atoms with Crippen molar-refractivity contribution < 1.29 is 4.74 Å². The highest BCUT2D eigenvalue weighted by Crippen LogP contribution is 2.32. The van der Waals surface area contributed by atoms with Crippen molar-refractivity contribution in [3.8, 4) is 5.88 Å². The van der Waals surface area contributed by atoms with E-state index in [0.29, 0.717) is 5.88 Å². The summed E-state index contributed by atoms with van der Waals surface area (Å²) in [5.74, 6) is 0.600. The Labute approximate surface area is 105 Å². The number of nitrogens with zero attached hydrogens (tertiary/aromatic N) is 1. The normalized spacial score (nSPS) is 12.5. The second kappa shape index (κ2) is 4.85. The van der Waals surface area contributed by atoms with E-state index in [1.165, 1.54) is 9.75 Å². The van der Waals surface area contributed by atoms with Gasteiger partial charge in [-0.15, -0.1) is 11.3 Å². The molecule has 0 fully saturated rings. The molecule has 0 saturated carbocycles. The fraction of sp³-hybridized carbons (Fsp3) is 0.308. The molecule has 2 aromatic heterocycles. The van der Waals surface area contributed by atoms with Crippen LogP contribution < -0.4 is 10.5 Å². The molecule has 0 radical (unpaired) electrons. The molecule has 2 aromatic rings. The number of hydrogen-bond donors (Lipinski definition) is 1. The smallest absolute Gasteiger partial charge is 0.218 e. The van der Waals surface area contributed by atoms with Crippen LogP contribution in [-0.4, -0.2) is 12.1 Å². The predicted molar refractivity (Wildman–Crippen MR) is 70.6 cm³/mol. The lowest BCUT2D eigenvalue weighted by atomic mass is 10.0. The molecule has 4 heteroatoms. The molecule has 17 heavy (non-hydrogen) atoms. The monoisotopic (exact) mass is 248 g/mol. The van der Waals surface area contributed by atoms with Gasteiger partial charge in [-0.05, 0) is 31.5 Å². The third kappa shape index (κ3) is 2.33. The first-order chi connectivity index (χ1) is 8.13. The topological polar surface area (TPSA) is 48.1 Å². The van der Waals surface area contributed by atoms with E-state index in [0.717, 1.165) is 11.1 Å². The summed E-state index contributed by atoms with van der Waals surface area (Å²) >= 11 is 1.76. The molecule has 0 aliphatic heterocycles. The van der Waals surface area contributed by atoms with Crippen molar-refractivity contribution in [2.45, 2.75) is 19.9 Å². The molecule has 0 saturated heterocycles. The van der Waals surface area contributed by atoms with Gasteiger partial charge in [-0.2, -0.15) is 0 Å². The second-order valence-electron chi connectivity index (χ2n) is 3.95. The summed E-state index contributed by atoms with van der Waals surface area (Å²) in [5, 5.41) is 0. The van der Waals surface area contributed by atoms with Crippen LogP contribution in [0.1, 0.15) is 26.9 Å². The lowest BCUT2D eigenvalue weighted by molar-refractivity contribution is 0.390. The van der Waals surface area contributed by atoms with Gasteiger partial charge in [0.2, 0.25) is 5.88 Å². The SMILES string of the molecule is COc1ncccc1C(N)c1cc(C)sc1C. The molecule has 0 aliphatic rings. The van der Waals surface area contributed by atoms with E-state index in [9.17, 15) is 0 Å². The van der Waals surface area contributed by atoms with Crippen LogP contribution in [0.4, 0.5) is 0 Å². The summed E-state index contributed by atoms with van der Waals surface area (Å²) in [7, 11) is 1.62. The zero-order chi connectivity index (χ0) is 12.4. The minimum absolute atomic E-state index is 0.177. The van der Waals surface area contributed by atoms with Crippen LogP contribution in [0.3, 0.4) is 0 Å². The summed E-state index contributed by atoms with van der Waals surface area (Å²) in [6.45, 7) is 4.18. The van der Waals surface area contributed by atoms with Crippen molar-refractivity contribution in [3.63, 3.8) is 0 Å². The molecule has 2 N–H and O–H groups in total. The number of pyridine rings is 1. The highest BCUT2D eigenvalue weighted by molar-refractivity contribution is 7.12. The van der Waals surface area contributed by atoms with E-state index < -0.39 is 0 Å². The fourth-order valence-corrected chi connectivity index (χ4v) is 2.91. The molecule has 3 nitrogen and oxygen atoms in total. The number of nitrogens with two attached hydrogens (primary N) is 1. The Morgan fingerprint density at radius 2 is 2.12 bits per heavy atom. The van der Waals surface area contributed by atoms with Gasteiger partial charge in [0, 0.05) is 21.5 Å². The molecule has 90 valence electrons. The second-order valence-corrected chi connectivity index (χ2v) is 5.41. The first-order valence-electron chi connectivity index (χ1n) is 5.45. The van der Waals surface area contributed by atoms with Crippen molar-refractivity contribution in [1.82, 2.24) is 4.98 Å². The zero-order valence-corrected chi connectivity index (χ0v) is 11.0. The number of hydrogen-bond acceptors (Lipinski definition) is 4. The maximum absolute atomic E-state index is 6.29. The van der Waals surface area contributed by atoms with E-state index in [1.807, 2.05) is 12.1 Å². The molecule has 1 atom stereocenters. The Morgan fingerprint density at radius 1 is 1.35 bits per heavy atom. The predicted octanol–water partition coefficient (Wildman–Crippen LogP) is 2.82. The highest BCUT2D eigenvalue weighted by atomic mass is 32.1. The van der Waals surface area contributed by atoms with Crippen molar-refractivity contribution in [3.05, 3.63) is 45.3 Å². The summed E-state index contributed by atoms with van der Waals surface area (Å²) in [6.07, 6.45) is 1.71. The van der Waals surface area contributed by atoms with Crippen LogP contribution in [0.5, 0.6) is 5.88 Å². The molecular weight excluding hydrogens is 232 g/mol. The van der Waals surface area contributed by atoms with E-state index in [-0.39, 0.29) is 6.04 Å². The largest absolute Gasteiger partial charge is 0.481 e. The Morgan fingerprint density at radius 3 is 2.71 bits per heavy atom. The average molecular weight is 248 g/mol. The van der Waals surface area contributed by atoms with Crippen LogP contribution in [0.2, 0.25) is 0 Å². The van der Waals surface area contributed by atoms with Gasteiger partial charge in [0.05, 0.1) is 13.2 Å². The molecular formula is C13H16N2OS. The third-order valence-corrected chi connectivity index (χ3v) is 3.73. The molecule has 2 heterocycles. The fourth-order valence-electron chi connectivity index (χ4n) is 1.94. The molecule has 0 bridgehead atoms. The number of aryl methyl sites for hydroxylation is 2. The van der Waals surface area contributed by atoms with E-state index in [2.05, 4.69) is 24.9 Å². The number of ether oxygens (including phenoxy) is 1. The van der Waals surface area contributed by atoms with Gasteiger partial charge in [-0.3, -0.25) is 0 Å². The van der Waals surface area contributed by atoms with Gasteiger partial charge in [0.15, 0.2) is 0 Å². The average Bonchev–Trinajstić information content (AvgIpc) is 2.67. The van der Waals surface area contributed by atoms with Gasteiger partial charge in [-0.1, -0.05) is 6.07 Å². The number of thiophene rings is 1.